The molecule has 1 N–H and O–H groups in total. The fourth-order valence-corrected chi connectivity index (χ4v) is 1.07. The van der Waals surface area contributed by atoms with Crippen molar-refractivity contribution in [2.75, 3.05) is 11.9 Å². The number of phenolic OH excluding ortho intramolecular Hbond substituents is 1. The number of ether oxygens (including phenoxy) is 1. The second-order valence-corrected chi connectivity index (χ2v) is 4.04. The van der Waals surface area contributed by atoms with E-state index in [-0.39, 0.29) is 0 Å². The van der Waals surface area contributed by atoms with E-state index < -0.39 is 0 Å². The molecule has 0 unspecified atom stereocenters. The molecular weight excluding hydrogens is 376 g/mol. The van der Waals surface area contributed by atoms with E-state index in [9.17, 15) is 0 Å². The number of aromatic hydroxyl groups is 1. The van der Waals surface area contributed by atoms with E-state index in [0.29, 0.717) is 17.7 Å². The van der Waals surface area contributed by atoms with Crippen molar-refractivity contribution in [2.24, 2.45) is 0 Å². The van der Waals surface area contributed by atoms with Crippen LogP contribution in [0, 0.1) is 24.7 Å². The van der Waals surface area contributed by atoms with E-state index in [2.05, 4.69) is 27.8 Å². The normalized spacial score (nSPS) is 7.00. The van der Waals surface area contributed by atoms with Gasteiger partial charge in [-0.25, -0.2) is 0 Å². The van der Waals surface area contributed by atoms with Crippen molar-refractivity contribution in [1.29, 1.82) is 0 Å². The van der Waals surface area contributed by atoms with Crippen molar-refractivity contribution in [1.82, 2.24) is 0 Å². The maximum absolute atomic E-state index is 8.63. The molecule has 2 nitrogen and oxygen atoms in total. The first-order chi connectivity index (χ1) is 12.2. The van der Waals surface area contributed by atoms with Gasteiger partial charge in [-0.2, -0.15) is 0 Å². The number of halogens is 1. The molecule has 0 aromatic heterocycles. The van der Waals surface area contributed by atoms with E-state index in [4.69, 9.17) is 22.7 Å². The number of alkyl halides is 1. The smallest absolute Gasteiger partial charge is 0.148 e. The summed E-state index contributed by atoms with van der Waals surface area (Å²) in [6.07, 6.45) is 9.73. The molecule has 2 rings (SSSR count). The predicted molar refractivity (Wildman–Crippen MR) is 114 cm³/mol. The second kappa shape index (κ2) is 26.5. The van der Waals surface area contributed by atoms with Gasteiger partial charge in [-0.05, 0) is 24.3 Å². The van der Waals surface area contributed by atoms with Crippen LogP contribution in [0.15, 0.2) is 60.7 Å². The Bertz CT molecular complexity index is 540. The fourth-order valence-electron chi connectivity index (χ4n) is 1.07. The van der Waals surface area contributed by atoms with Gasteiger partial charge < -0.3 is 9.84 Å². The zero-order valence-electron chi connectivity index (χ0n) is 15.6. The zero-order chi connectivity index (χ0) is 19.8. The molecule has 136 valence electrons. The summed E-state index contributed by atoms with van der Waals surface area (Å²) in [6.45, 7) is 8.34. The molecule has 2 aromatic rings. The summed E-state index contributed by atoms with van der Waals surface area (Å²) >= 11 is 3.01. The van der Waals surface area contributed by atoms with Crippen molar-refractivity contribution in [3.8, 4) is 36.2 Å². The highest BCUT2D eigenvalue weighted by Gasteiger charge is 1.85. The highest BCUT2D eigenvalue weighted by atomic mass is 79.9. The summed E-state index contributed by atoms with van der Waals surface area (Å²) in [4.78, 5) is 0. The van der Waals surface area contributed by atoms with Gasteiger partial charge in [0.05, 0.1) is 5.33 Å². The lowest BCUT2D eigenvalue weighted by molar-refractivity contribution is 0.370. The molecule has 0 aliphatic rings. The molecular formula is C22H29BrO2. The number of hydrogen-bond donors (Lipinski definition) is 1. The maximum Gasteiger partial charge on any atom is 0.148 e. The van der Waals surface area contributed by atoms with Crippen LogP contribution in [-0.2, 0) is 0 Å². The van der Waals surface area contributed by atoms with Gasteiger partial charge in [0.15, 0.2) is 0 Å². The van der Waals surface area contributed by atoms with Crippen molar-refractivity contribution in [3.05, 3.63) is 60.7 Å². The number of phenols is 1. The van der Waals surface area contributed by atoms with Crippen LogP contribution in [0.5, 0.6) is 11.5 Å². The Morgan fingerprint density at radius 1 is 0.840 bits per heavy atom. The van der Waals surface area contributed by atoms with Crippen LogP contribution >= 0.6 is 15.9 Å². The van der Waals surface area contributed by atoms with Crippen molar-refractivity contribution >= 4 is 15.9 Å². The monoisotopic (exact) mass is 404 g/mol. The SMILES string of the molecule is C#CCBr.C#CCOc1ccccc1.CC.CC.Oc1ccccc1. The maximum atomic E-state index is 8.63. The Kier molecular flexibility index (Phi) is 29.2. The minimum Gasteiger partial charge on any atom is -0.508 e. The second-order valence-electron chi connectivity index (χ2n) is 3.48. The average molecular weight is 405 g/mol. The quantitative estimate of drug-likeness (QED) is 0.479. The molecule has 0 radical (unpaired) electrons. The predicted octanol–water partition coefficient (Wildman–Crippen LogP) is 6.16. The molecule has 0 saturated heterocycles. The summed E-state index contributed by atoms with van der Waals surface area (Å²) in [5.74, 6) is 5.88. The Hall–Kier alpha value is -2.36. The van der Waals surface area contributed by atoms with E-state index in [1.807, 2.05) is 64.1 Å². The van der Waals surface area contributed by atoms with Crippen molar-refractivity contribution < 1.29 is 9.84 Å². The largest absolute Gasteiger partial charge is 0.508 e. The molecule has 25 heavy (non-hydrogen) atoms. The molecule has 0 heterocycles. The van der Waals surface area contributed by atoms with Crippen LogP contribution < -0.4 is 4.74 Å². The lowest BCUT2D eigenvalue weighted by Gasteiger charge is -1.98. The first-order valence-electron chi connectivity index (χ1n) is 8.09. The van der Waals surface area contributed by atoms with Crippen LogP contribution in [0.2, 0.25) is 0 Å². The molecule has 0 aliphatic heterocycles. The Labute approximate surface area is 162 Å². The average Bonchev–Trinajstić information content (AvgIpc) is 2.71. The summed E-state index contributed by atoms with van der Waals surface area (Å²) < 4.78 is 5.12. The van der Waals surface area contributed by atoms with Crippen LogP contribution in [0.4, 0.5) is 0 Å². The Morgan fingerprint density at radius 3 is 1.52 bits per heavy atom. The third-order valence-electron chi connectivity index (χ3n) is 1.90. The zero-order valence-corrected chi connectivity index (χ0v) is 17.2. The van der Waals surface area contributed by atoms with Gasteiger partial charge in [-0.1, -0.05) is 91.9 Å². The standard InChI is InChI=1S/C9H8O.C6H6O.C3H3Br.2C2H6/c1-2-8-10-9-6-4-3-5-7-9;7-6-4-2-1-3-5-6;1-2-3-4;2*1-2/h1,3-7H,8H2;1-5,7H;1H,3H2;2*1-2H3. The lowest BCUT2D eigenvalue weighted by Crippen LogP contribution is -1.91. The first kappa shape index (κ1) is 27.5. The van der Waals surface area contributed by atoms with E-state index in [1.165, 1.54) is 0 Å². The summed E-state index contributed by atoms with van der Waals surface area (Å²) in [6, 6.07) is 18.2. The minimum absolute atomic E-state index is 0.322. The van der Waals surface area contributed by atoms with Gasteiger partial charge >= 0.3 is 0 Å². The van der Waals surface area contributed by atoms with Gasteiger partial charge in [-0.15, -0.1) is 12.8 Å². The van der Waals surface area contributed by atoms with Crippen LogP contribution in [0.3, 0.4) is 0 Å². The molecule has 0 amide bonds. The topological polar surface area (TPSA) is 29.5 Å². The van der Waals surface area contributed by atoms with Gasteiger partial charge in [0.2, 0.25) is 0 Å². The number of benzene rings is 2. The molecule has 0 bridgehead atoms. The van der Waals surface area contributed by atoms with Crippen molar-refractivity contribution in [3.63, 3.8) is 0 Å². The summed E-state index contributed by atoms with van der Waals surface area (Å²) in [5, 5.41) is 9.29. The number of para-hydroxylation sites is 2. The number of terminal acetylenes is 2. The highest BCUT2D eigenvalue weighted by molar-refractivity contribution is 9.09. The van der Waals surface area contributed by atoms with Gasteiger partial charge in [0.1, 0.15) is 18.1 Å². The van der Waals surface area contributed by atoms with Gasteiger partial charge in [0.25, 0.3) is 0 Å². The van der Waals surface area contributed by atoms with Gasteiger partial charge in [-0.3, -0.25) is 0 Å². The lowest BCUT2D eigenvalue weighted by atomic mass is 10.3. The van der Waals surface area contributed by atoms with E-state index in [0.717, 1.165) is 5.75 Å². The number of hydrogen-bond acceptors (Lipinski definition) is 2. The Balaban J connectivity index is -0.000000283. The van der Waals surface area contributed by atoms with Gasteiger partial charge in [0, 0.05) is 0 Å². The number of rotatable bonds is 2. The fraction of sp³-hybridized carbons (Fsp3) is 0.273. The molecule has 0 atom stereocenters. The first-order valence-corrected chi connectivity index (χ1v) is 9.21. The third kappa shape index (κ3) is 24.0. The molecule has 0 fully saturated rings. The summed E-state index contributed by atoms with van der Waals surface area (Å²) in [7, 11) is 0. The van der Waals surface area contributed by atoms with Crippen molar-refractivity contribution in [2.45, 2.75) is 27.7 Å². The van der Waals surface area contributed by atoms with E-state index >= 15 is 0 Å². The van der Waals surface area contributed by atoms with Crippen LogP contribution in [0.1, 0.15) is 27.7 Å². The summed E-state index contributed by atoms with van der Waals surface area (Å²) in [5.41, 5.74) is 0. The van der Waals surface area contributed by atoms with E-state index in [1.54, 1.807) is 24.3 Å². The van der Waals surface area contributed by atoms with Crippen LogP contribution in [-0.4, -0.2) is 17.0 Å². The highest BCUT2D eigenvalue weighted by Crippen LogP contribution is 2.07. The Morgan fingerprint density at radius 2 is 1.24 bits per heavy atom. The van der Waals surface area contributed by atoms with Crippen LogP contribution in [0.25, 0.3) is 0 Å². The molecule has 0 saturated carbocycles. The third-order valence-corrected chi connectivity index (χ3v) is 2.22. The molecule has 2 aromatic carbocycles. The molecule has 0 aliphatic carbocycles. The minimum atomic E-state index is 0.322. The molecule has 0 spiro atoms. The molecule has 3 heteroatoms.